The average Bonchev–Trinajstić information content (AvgIpc) is 4.06. The quantitative estimate of drug-likeness (QED) is 0.118. The fourth-order valence-electron chi connectivity index (χ4n) is 13.2. The van der Waals surface area contributed by atoms with E-state index < -0.39 is 24.7 Å². The van der Waals surface area contributed by atoms with Gasteiger partial charge in [-0.15, -0.1) is 0 Å². The molecule has 0 fully saturated rings. The van der Waals surface area contributed by atoms with Crippen LogP contribution in [0.5, 0.6) is 0 Å². The van der Waals surface area contributed by atoms with Crippen LogP contribution < -0.4 is 16.0 Å². The maximum absolute atomic E-state index is 14.9. The minimum Gasteiger partial charge on any atom is -0.299 e. The second kappa shape index (κ2) is 14.6. The third-order valence-electron chi connectivity index (χ3n) is 14.8. The first-order chi connectivity index (χ1) is 33.0. The van der Waals surface area contributed by atoms with E-state index in [-0.39, 0.29) is 0 Å². The average molecular weight is 943 g/mol. The van der Waals surface area contributed by atoms with Gasteiger partial charge >= 0.3 is 13.5 Å². The molecule has 8 heteroatoms. The highest BCUT2D eigenvalue weighted by molar-refractivity contribution is 7.62. The topological polar surface area (TPSA) is 51.4 Å². The van der Waals surface area contributed by atoms with Crippen molar-refractivity contribution >= 4 is 46.6 Å². The van der Waals surface area contributed by atoms with E-state index in [1.807, 2.05) is 53.7 Å². The van der Waals surface area contributed by atoms with Gasteiger partial charge in [-0.3, -0.25) is 13.6 Å². The minimum absolute atomic E-state index is 0.533. The van der Waals surface area contributed by atoms with Crippen molar-refractivity contribution in [2.24, 2.45) is 0 Å². The molecule has 0 N–H and O–H groups in total. The fourth-order valence-corrected chi connectivity index (χ4v) is 15.4. The summed E-state index contributed by atoms with van der Waals surface area (Å²) in [7, 11) is -3.76. The Kier molecular flexibility index (Phi) is 9.35. The van der Waals surface area contributed by atoms with Crippen LogP contribution in [-0.2, 0) is 19.5 Å². The van der Waals surface area contributed by atoms with Gasteiger partial charge in [0.25, 0.3) is 0 Å². The second-order valence-corrected chi connectivity index (χ2v) is 24.5. The van der Waals surface area contributed by atoms with Gasteiger partial charge in [0.2, 0.25) is 22.8 Å². The van der Waals surface area contributed by atoms with Crippen molar-refractivity contribution < 1.29 is 22.8 Å². The summed E-state index contributed by atoms with van der Waals surface area (Å²) in [4.78, 5) is 0. The number of aromatic nitrogens is 2. The number of allylic oxidation sites excluding steroid dienone is 4. The lowest BCUT2D eigenvalue weighted by atomic mass is 9.87. The summed E-state index contributed by atoms with van der Waals surface area (Å²) in [6.45, 7) is 31.8. The molecule has 0 radical (unpaired) electrons. The Hall–Kier alpha value is -6.37. The lowest BCUT2D eigenvalue weighted by Gasteiger charge is -2.41. The molecule has 0 saturated carbocycles. The second-order valence-electron chi connectivity index (χ2n) is 22.6. The number of hydrogen-bond acceptors (Lipinski definition) is 3. The molecule has 12 rings (SSSR count). The molecule has 0 amide bonds. The van der Waals surface area contributed by atoms with Crippen molar-refractivity contribution in [3.05, 3.63) is 215 Å². The number of rotatable bonds is 7. The number of benzene rings is 4. The molecule has 1 unspecified atom stereocenters. The molecule has 6 aliphatic heterocycles. The first kappa shape index (κ1) is 44.8. The lowest BCUT2D eigenvalue weighted by molar-refractivity contribution is -0.834. The Balaban J connectivity index is 1.26. The Bertz CT molecular complexity index is 3740. The molecule has 352 valence electrons. The van der Waals surface area contributed by atoms with Crippen LogP contribution in [-0.4, -0.2) is 40.9 Å². The Morgan fingerprint density at radius 2 is 0.829 bits per heavy atom. The molecular formula is C62H63N4O3P+2. The van der Waals surface area contributed by atoms with Crippen LogP contribution >= 0.6 is 7.60 Å². The van der Waals surface area contributed by atoms with E-state index in [9.17, 15) is 4.57 Å². The van der Waals surface area contributed by atoms with Crippen molar-refractivity contribution in [1.29, 1.82) is 0 Å². The van der Waals surface area contributed by atoms with Gasteiger partial charge in [0.1, 0.15) is 0 Å². The number of hydrogen-bond donors (Lipinski definition) is 0. The van der Waals surface area contributed by atoms with Gasteiger partial charge in [0.05, 0.1) is 60.9 Å². The zero-order valence-electron chi connectivity index (χ0n) is 43.4. The van der Waals surface area contributed by atoms with Gasteiger partial charge in [0, 0.05) is 24.3 Å². The summed E-state index contributed by atoms with van der Waals surface area (Å²) in [5.41, 5.74) is 26.5. The first-order valence-electron chi connectivity index (χ1n) is 24.8. The molecule has 6 aromatic rings. The van der Waals surface area contributed by atoms with E-state index in [2.05, 4.69) is 178 Å². The molecule has 0 bridgehead atoms. The van der Waals surface area contributed by atoms with Gasteiger partial charge in [-0.2, -0.15) is 9.13 Å². The standard InChI is InChI=1S/C62H63N4O3P/c1-34-28-37(4)53(38(5)29-34)57-47-22-20-45-56(43-16-18-44(19-17-43)70(67,68-60(10,11)12)69-61(13,14)15)46-21-23-48-58(54-39(6)30-35(2)31-40(54)7)50-25-27-52-59(55-41(8)32-36(3)33-42(55)9)51-26-24-49(57)65(51)62(63(45)47,64(46)48)66(50)52/h16-33H,1-15H3/q+2. The van der Waals surface area contributed by atoms with Crippen LogP contribution in [0.25, 0.3) is 22.3 Å². The van der Waals surface area contributed by atoms with Crippen LogP contribution in [0, 0.1) is 62.3 Å². The zero-order chi connectivity index (χ0) is 49.5. The SMILES string of the molecule is Cc1cc(C)c(C2=C3C=CC4=[N+]3C35n6c2ccc6C(c2c(C)cc(C)cc2C)=C2C=CC(=[N+]23)C(c2c(C)cc(C)cc2C)=c2ccc(n25)=C4c2ccc(P(=O)(OC(C)(C)C)OC(C)(C)C)cc2)c(C)c1. The highest BCUT2D eigenvalue weighted by Crippen LogP contribution is 2.56. The molecular weight excluding hydrogens is 880 g/mol. The predicted octanol–water partition coefficient (Wildman–Crippen LogP) is 11.6. The van der Waals surface area contributed by atoms with Crippen LogP contribution in [0.2, 0.25) is 0 Å². The molecule has 2 aromatic heterocycles. The molecule has 8 heterocycles. The maximum atomic E-state index is 14.9. The lowest BCUT2D eigenvalue weighted by Crippen LogP contribution is -2.71. The van der Waals surface area contributed by atoms with E-state index in [0.717, 1.165) is 33.2 Å². The van der Waals surface area contributed by atoms with Gasteiger partial charge in [0.15, 0.2) is 0 Å². The molecule has 1 atom stereocenters. The molecule has 4 aromatic carbocycles. The van der Waals surface area contributed by atoms with Crippen LogP contribution in [0.4, 0.5) is 0 Å². The monoisotopic (exact) mass is 942 g/mol. The molecule has 0 saturated heterocycles. The summed E-state index contributed by atoms with van der Waals surface area (Å²) >= 11 is 0. The number of aryl methyl sites for hydroxylation is 9. The van der Waals surface area contributed by atoms with Crippen molar-refractivity contribution in [2.45, 2.75) is 121 Å². The summed E-state index contributed by atoms with van der Waals surface area (Å²) in [6, 6.07) is 31.6. The zero-order valence-corrected chi connectivity index (χ0v) is 44.2. The summed E-state index contributed by atoms with van der Waals surface area (Å²) in [6.07, 6.45) is 9.49. The Labute approximate surface area is 412 Å². The van der Waals surface area contributed by atoms with E-state index in [4.69, 9.17) is 9.05 Å². The number of nitrogens with zero attached hydrogens (tertiary/aromatic N) is 4. The molecule has 0 aliphatic carbocycles. The van der Waals surface area contributed by atoms with Gasteiger partial charge in [-0.1, -0.05) is 74.4 Å². The van der Waals surface area contributed by atoms with Crippen LogP contribution in [0.1, 0.15) is 125 Å². The third kappa shape index (κ3) is 6.04. The largest absolute Gasteiger partial charge is 0.553 e. The molecule has 1 spiro atoms. The molecule has 70 heavy (non-hydrogen) atoms. The normalized spacial score (nSPS) is 18.6. The molecule has 6 aliphatic rings. The Morgan fingerprint density at radius 1 is 0.457 bits per heavy atom. The van der Waals surface area contributed by atoms with E-state index in [1.165, 1.54) is 106 Å². The fraction of sp³-hybridized carbons (Fsp3) is 0.290. The highest BCUT2D eigenvalue weighted by Gasteiger charge is 2.73. The van der Waals surface area contributed by atoms with E-state index in [1.54, 1.807) is 0 Å². The van der Waals surface area contributed by atoms with Crippen molar-refractivity contribution in [1.82, 2.24) is 9.13 Å². The summed E-state index contributed by atoms with van der Waals surface area (Å²) < 4.78 is 38.3. The van der Waals surface area contributed by atoms with Gasteiger partial charge in [-0.05, 0) is 196 Å². The van der Waals surface area contributed by atoms with E-state index in [0.29, 0.717) is 5.30 Å². The summed E-state index contributed by atoms with van der Waals surface area (Å²) in [5, 5.41) is 2.80. The van der Waals surface area contributed by atoms with Crippen molar-refractivity contribution in [3.8, 4) is 0 Å². The third-order valence-corrected chi connectivity index (χ3v) is 17.3. The maximum Gasteiger partial charge on any atom is 0.553 e. The van der Waals surface area contributed by atoms with Crippen molar-refractivity contribution in [2.75, 3.05) is 0 Å². The smallest absolute Gasteiger partial charge is 0.299 e. The summed E-state index contributed by atoms with van der Waals surface area (Å²) in [5.74, 6) is -0.924. The minimum atomic E-state index is -3.76. The predicted molar refractivity (Wildman–Crippen MR) is 285 cm³/mol. The van der Waals surface area contributed by atoms with Crippen LogP contribution in [0.3, 0.4) is 0 Å². The highest BCUT2D eigenvalue weighted by atomic mass is 31.2. The van der Waals surface area contributed by atoms with Gasteiger partial charge < -0.3 is 0 Å². The van der Waals surface area contributed by atoms with Crippen molar-refractivity contribution in [3.63, 3.8) is 0 Å². The van der Waals surface area contributed by atoms with E-state index >= 15 is 0 Å². The first-order valence-corrected chi connectivity index (χ1v) is 26.3. The van der Waals surface area contributed by atoms with Crippen LogP contribution in [0.15, 0.2) is 121 Å². The Morgan fingerprint density at radius 3 is 1.23 bits per heavy atom. The van der Waals surface area contributed by atoms with Gasteiger partial charge in [-0.25, -0.2) is 0 Å². The molecule has 7 nitrogen and oxygen atoms in total.